The molecule has 2 aromatic rings. The van der Waals surface area contributed by atoms with Crippen molar-refractivity contribution in [1.29, 1.82) is 0 Å². The first kappa shape index (κ1) is 10.6. The van der Waals surface area contributed by atoms with Crippen LogP contribution in [0.25, 0.3) is 0 Å². The summed E-state index contributed by atoms with van der Waals surface area (Å²) in [6.07, 6.45) is 0.572. The number of aliphatic hydroxyl groups is 1. The molecule has 1 aromatic heterocycles. The minimum Gasteiger partial charge on any atom is -0.384 e. The van der Waals surface area contributed by atoms with Crippen LogP contribution in [0.15, 0.2) is 24.4 Å². The molecule has 0 aliphatic heterocycles. The molecule has 0 amide bonds. The van der Waals surface area contributed by atoms with Crippen LogP contribution >= 0.6 is 0 Å². The Morgan fingerprint density at radius 1 is 1.44 bits per heavy atom. The summed E-state index contributed by atoms with van der Waals surface area (Å²) < 4.78 is 12.9. The number of hydrogen-bond acceptors (Lipinski definition) is 3. The molecule has 0 aliphatic carbocycles. The molecule has 4 nitrogen and oxygen atoms in total. The Kier molecular flexibility index (Phi) is 2.62. The summed E-state index contributed by atoms with van der Waals surface area (Å²) in [4.78, 5) is 0. The molecule has 16 heavy (non-hydrogen) atoms. The monoisotopic (exact) mass is 221 g/mol. The van der Waals surface area contributed by atoms with E-state index in [1.807, 2.05) is 0 Å². The second-order valence-corrected chi connectivity index (χ2v) is 3.64. The van der Waals surface area contributed by atoms with Gasteiger partial charge in [0.05, 0.1) is 6.20 Å². The van der Waals surface area contributed by atoms with Gasteiger partial charge in [0.15, 0.2) is 0 Å². The van der Waals surface area contributed by atoms with Crippen LogP contribution in [0.3, 0.4) is 0 Å². The molecule has 0 spiro atoms. The van der Waals surface area contributed by atoms with E-state index in [-0.39, 0.29) is 5.82 Å². The van der Waals surface area contributed by atoms with Crippen LogP contribution in [0.4, 0.5) is 10.2 Å². The highest BCUT2D eigenvalue weighted by atomic mass is 19.1. The average Bonchev–Trinajstić information content (AvgIpc) is 2.63. The van der Waals surface area contributed by atoms with Gasteiger partial charge in [0, 0.05) is 5.56 Å². The number of hydrogen-bond donors (Lipinski definition) is 3. The van der Waals surface area contributed by atoms with Crippen molar-refractivity contribution < 1.29 is 9.50 Å². The van der Waals surface area contributed by atoms with Gasteiger partial charge in [0.1, 0.15) is 17.7 Å². The standard InChI is InChI=1S/C11H12FN3O/c1-6-4-7(12)2-3-8(6)10(16)9-5-14-15-11(9)13/h2-5,10,16H,1H3,(H3,13,14,15). The van der Waals surface area contributed by atoms with E-state index in [0.29, 0.717) is 22.5 Å². The Hall–Kier alpha value is -1.88. The van der Waals surface area contributed by atoms with Crippen LogP contribution in [0.2, 0.25) is 0 Å². The van der Waals surface area contributed by atoms with E-state index in [4.69, 9.17) is 5.73 Å². The van der Waals surface area contributed by atoms with Gasteiger partial charge in [-0.05, 0) is 30.2 Å². The van der Waals surface area contributed by atoms with Crippen molar-refractivity contribution in [3.8, 4) is 0 Å². The van der Waals surface area contributed by atoms with E-state index in [1.165, 1.54) is 18.3 Å². The number of nitrogens with one attached hydrogen (secondary N) is 1. The van der Waals surface area contributed by atoms with Crippen molar-refractivity contribution in [2.45, 2.75) is 13.0 Å². The molecule has 5 heteroatoms. The first-order chi connectivity index (χ1) is 7.59. The zero-order valence-corrected chi connectivity index (χ0v) is 8.74. The minimum atomic E-state index is -0.889. The molecule has 2 rings (SSSR count). The lowest BCUT2D eigenvalue weighted by atomic mass is 9.99. The number of benzene rings is 1. The summed E-state index contributed by atoms with van der Waals surface area (Å²) in [6.45, 7) is 1.73. The summed E-state index contributed by atoms with van der Waals surface area (Å²) in [6, 6.07) is 4.22. The predicted molar refractivity (Wildman–Crippen MR) is 58.2 cm³/mol. The Labute approximate surface area is 91.9 Å². The van der Waals surface area contributed by atoms with Crippen LogP contribution in [0, 0.1) is 12.7 Å². The third-order valence-electron chi connectivity index (χ3n) is 2.52. The number of aliphatic hydroxyl groups excluding tert-OH is 1. The zero-order valence-electron chi connectivity index (χ0n) is 8.74. The van der Waals surface area contributed by atoms with Crippen molar-refractivity contribution in [1.82, 2.24) is 10.2 Å². The van der Waals surface area contributed by atoms with Gasteiger partial charge in [-0.2, -0.15) is 5.10 Å². The molecule has 1 aromatic carbocycles. The Morgan fingerprint density at radius 3 is 2.75 bits per heavy atom. The van der Waals surface area contributed by atoms with E-state index in [9.17, 15) is 9.50 Å². The summed E-state index contributed by atoms with van der Waals surface area (Å²) >= 11 is 0. The molecular formula is C11H12FN3O. The van der Waals surface area contributed by atoms with Gasteiger partial charge >= 0.3 is 0 Å². The van der Waals surface area contributed by atoms with Gasteiger partial charge < -0.3 is 10.8 Å². The molecular weight excluding hydrogens is 209 g/mol. The average molecular weight is 221 g/mol. The highest BCUT2D eigenvalue weighted by Crippen LogP contribution is 2.27. The van der Waals surface area contributed by atoms with E-state index in [1.54, 1.807) is 13.0 Å². The van der Waals surface area contributed by atoms with Crippen LogP contribution in [-0.2, 0) is 0 Å². The summed E-state index contributed by atoms with van der Waals surface area (Å²) in [5.74, 6) is -0.00941. The third kappa shape index (κ3) is 1.77. The normalized spacial score (nSPS) is 12.7. The maximum Gasteiger partial charge on any atom is 0.125 e. The van der Waals surface area contributed by atoms with Gasteiger partial charge in [0.25, 0.3) is 0 Å². The second kappa shape index (κ2) is 3.94. The maximum absolute atomic E-state index is 12.9. The highest BCUT2D eigenvalue weighted by molar-refractivity contribution is 5.44. The van der Waals surface area contributed by atoms with E-state index >= 15 is 0 Å². The van der Waals surface area contributed by atoms with Crippen molar-refractivity contribution in [3.63, 3.8) is 0 Å². The van der Waals surface area contributed by atoms with E-state index in [0.717, 1.165) is 0 Å². The number of halogens is 1. The summed E-state index contributed by atoms with van der Waals surface area (Å²) in [5, 5.41) is 16.3. The van der Waals surface area contributed by atoms with Gasteiger partial charge in [-0.25, -0.2) is 4.39 Å². The topological polar surface area (TPSA) is 74.9 Å². The van der Waals surface area contributed by atoms with Gasteiger partial charge in [-0.3, -0.25) is 5.10 Å². The second-order valence-electron chi connectivity index (χ2n) is 3.64. The lowest BCUT2D eigenvalue weighted by Crippen LogP contribution is -2.04. The van der Waals surface area contributed by atoms with E-state index in [2.05, 4.69) is 10.2 Å². The molecule has 1 heterocycles. The molecule has 0 fully saturated rings. The quantitative estimate of drug-likeness (QED) is 0.719. The first-order valence-electron chi connectivity index (χ1n) is 4.82. The summed E-state index contributed by atoms with van der Waals surface area (Å²) in [7, 11) is 0. The third-order valence-corrected chi connectivity index (χ3v) is 2.52. The molecule has 84 valence electrons. The Bertz CT molecular complexity index is 510. The van der Waals surface area contributed by atoms with Crippen molar-refractivity contribution in [3.05, 3.63) is 46.9 Å². The fraction of sp³-hybridized carbons (Fsp3) is 0.182. The molecule has 4 N–H and O–H groups in total. The van der Waals surface area contributed by atoms with Crippen LogP contribution in [0.1, 0.15) is 22.8 Å². The molecule has 1 atom stereocenters. The number of aromatic amines is 1. The van der Waals surface area contributed by atoms with Crippen LogP contribution in [0.5, 0.6) is 0 Å². The predicted octanol–water partition coefficient (Wildman–Crippen LogP) is 1.52. The van der Waals surface area contributed by atoms with Crippen LogP contribution < -0.4 is 5.73 Å². The van der Waals surface area contributed by atoms with Crippen LogP contribution in [-0.4, -0.2) is 15.3 Å². The SMILES string of the molecule is Cc1cc(F)ccc1C(O)c1cn[nH]c1N. The number of aryl methyl sites for hydroxylation is 1. The number of aromatic nitrogens is 2. The molecule has 0 radical (unpaired) electrons. The Morgan fingerprint density at radius 2 is 2.19 bits per heavy atom. The lowest BCUT2D eigenvalue weighted by Gasteiger charge is -2.12. The van der Waals surface area contributed by atoms with Gasteiger partial charge in [-0.1, -0.05) is 6.07 Å². The molecule has 0 saturated heterocycles. The largest absolute Gasteiger partial charge is 0.384 e. The Balaban J connectivity index is 2.41. The fourth-order valence-corrected chi connectivity index (χ4v) is 1.64. The van der Waals surface area contributed by atoms with Crippen molar-refractivity contribution >= 4 is 5.82 Å². The summed E-state index contributed by atoms with van der Waals surface area (Å²) in [5.41, 5.74) is 7.40. The molecule has 1 unspecified atom stereocenters. The minimum absolute atomic E-state index is 0.316. The lowest BCUT2D eigenvalue weighted by molar-refractivity contribution is 0.220. The smallest absolute Gasteiger partial charge is 0.125 e. The number of nitrogens with zero attached hydrogens (tertiary/aromatic N) is 1. The van der Waals surface area contributed by atoms with Gasteiger partial charge in [0.2, 0.25) is 0 Å². The molecule has 0 aliphatic rings. The maximum atomic E-state index is 12.9. The number of nitrogens with two attached hydrogens (primary N) is 1. The number of anilines is 1. The highest BCUT2D eigenvalue weighted by Gasteiger charge is 2.17. The fourth-order valence-electron chi connectivity index (χ4n) is 1.64. The van der Waals surface area contributed by atoms with E-state index < -0.39 is 6.10 Å². The van der Waals surface area contributed by atoms with Crippen molar-refractivity contribution in [2.75, 3.05) is 5.73 Å². The molecule has 0 bridgehead atoms. The first-order valence-corrected chi connectivity index (χ1v) is 4.82. The van der Waals surface area contributed by atoms with Crippen molar-refractivity contribution in [2.24, 2.45) is 0 Å². The zero-order chi connectivity index (χ0) is 11.7. The number of rotatable bonds is 2. The number of H-pyrrole nitrogens is 1. The van der Waals surface area contributed by atoms with Gasteiger partial charge in [-0.15, -0.1) is 0 Å². The number of nitrogen functional groups attached to an aromatic ring is 1. The molecule has 0 saturated carbocycles.